The van der Waals surface area contributed by atoms with E-state index in [9.17, 15) is 0 Å². The first-order chi connectivity index (χ1) is 27.6. The molecule has 0 spiro atoms. The Morgan fingerprint density at radius 3 is 1.65 bits per heavy atom. The van der Waals surface area contributed by atoms with Crippen LogP contribution >= 0.6 is 0 Å². The van der Waals surface area contributed by atoms with Gasteiger partial charge in [0.2, 0.25) is 0 Å². The fourth-order valence-electron chi connectivity index (χ4n) is 9.36. The maximum absolute atomic E-state index is 2.53. The van der Waals surface area contributed by atoms with E-state index < -0.39 is 0 Å². The van der Waals surface area contributed by atoms with Crippen molar-refractivity contribution in [2.24, 2.45) is 0 Å². The molecule has 0 amide bonds. The second-order valence-corrected chi connectivity index (χ2v) is 17.4. The van der Waals surface area contributed by atoms with Crippen LogP contribution in [0.15, 0.2) is 176 Å². The van der Waals surface area contributed by atoms with Crippen LogP contribution in [0.2, 0.25) is 0 Å². The summed E-state index contributed by atoms with van der Waals surface area (Å²) in [6.45, 7) is 12.0. The second kappa shape index (κ2) is 13.4. The molecule has 0 N–H and O–H groups in total. The fourth-order valence-corrected chi connectivity index (χ4v) is 9.36. The molecule has 1 aliphatic rings. The molecule has 0 saturated heterocycles. The first-order valence-corrected chi connectivity index (χ1v) is 20.4. The van der Waals surface area contributed by atoms with Crippen LogP contribution in [0.1, 0.15) is 57.2 Å². The number of nitrogens with zero attached hydrogens (tertiary/aromatic N) is 2. The summed E-state index contributed by atoms with van der Waals surface area (Å²) in [5.41, 5.74) is 16.5. The van der Waals surface area contributed by atoms with E-state index >= 15 is 0 Å². The van der Waals surface area contributed by atoms with E-state index in [4.69, 9.17) is 0 Å². The van der Waals surface area contributed by atoms with Crippen LogP contribution in [0.3, 0.4) is 0 Å². The third kappa shape index (κ3) is 6.03. The molecule has 1 aliphatic carbocycles. The summed E-state index contributed by atoms with van der Waals surface area (Å²) < 4.78 is 2.53. The Morgan fingerprint density at radius 1 is 0.421 bits per heavy atom. The molecule has 1 heterocycles. The molecule has 0 radical (unpaired) electrons. The van der Waals surface area contributed by atoms with Crippen LogP contribution in [0.4, 0.5) is 17.1 Å². The molecule has 2 nitrogen and oxygen atoms in total. The van der Waals surface area contributed by atoms with Crippen LogP contribution < -0.4 is 4.90 Å². The van der Waals surface area contributed by atoms with Crippen molar-refractivity contribution in [3.8, 4) is 27.9 Å². The zero-order valence-electron chi connectivity index (χ0n) is 33.6. The molecule has 0 unspecified atom stereocenters. The van der Waals surface area contributed by atoms with E-state index in [2.05, 4.69) is 220 Å². The molecule has 8 aromatic carbocycles. The normalized spacial score (nSPS) is 14.5. The van der Waals surface area contributed by atoms with E-state index in [0.717, 1.165) is 17.1 Å². The molecule has 0 bridgehead atoms. The molecular weight excluding hydrogens is 689 g/mol. The Bertz CT molecular complexity index is 2950. The summed E-state index contributed by atoms with van der Waals surface area (Å²) in [7, 11) is 0. The quantitative estimate of drug-likeness (QED) is 0.165. The first-order valence-electron chi connectivity index (χ1n) is 20.4. The van der Waals surface area contributed by atoms with E-state index in [1.165, 1.54) is 90.1 Å². The highest BCUT2D eigenvalue weighted by molar-refractivity contribution is 6.10. The lowest BCUT2D eigenvalue weighted by atomic mass is 9.63. The van der Waals surface area contributed by atoms with Crippen molar-refractivity contribution in [1.82, 2.24) is 4.57 Å². The van der Waals surface area contributed by atoms with Crippen molar-refractivity contribution in [2.75, 3.05) is 4.90 Å². The SMILES string of the molecule is Cc1cc2c(cc1-n1c3ccccc3c3ccc(N(c4ccc(-c5ccccc5)cc4)c4ccc(-c5ccc6ccccc6c5)cc4)cc31)C(C)(C)CCC2(C)C. The molecular formula is C55H48N2. The third-order valence-corrected chi connectivity index (χ3v) is 12.8. The molecule has 278 valence electrons. The summed E-state index contributed by atoms with van der Waals surface area (Å²) >= 11 is 0. The van der Waals surface area contributed by atoms with Gasteiger partial charge in [-0.2, -0.15) is 0 Å². The smallest absolute Gasteiger partial charge is 0.0562 e. The number of aromatic nitrogens is 1. The minimum Gasteiger partial charge on any atom is -0.310 e. The number of rotatable bonds is 6. The number of para-hydroxylation sites is 1. The van der Waals surface area contributed by atoms with Crippen LogP contribution in [-0.2, 0) is 10.8 Å². The zero-order chi connectivity index (χ0) is 38.9. The molecule has 0 atom stereocenters. The first kappa shape index (κ1) is 35.1. The minimum absolute atomic E-state index is 0.110. The van der Waals surface area contributed by atoms with Crippen molar-refractivity contribution in [3.05, 3.63) is 193 Å². The Hall–Kier alpha value is -6.38. The highest BCUT2D eigenvalue weighted by Gasteiger charge is 2.37. The molecule has 2 heteroatoms. The van der Waals surface area contributed by atoms with E-state index in [-0.39, 0.29) is 10.8 Å². The van der Waals surface area contributed by atoms with Crippen molar-refractivity contribution >= 4 is 49.6 Å². The molecule has 1 aromatic heterocycles. The van der Waals surface area contributed by atoms with Gasteiger partial charge in [0.1, 0.15) is 0 Å². The minimum atomic E-state index is 0.110. The number of anilines is 3. The summed E-state index contributed by atoms with van der Waals surface area (Å²) in [5.74, 6) is 0. The Morgan fingerprint density at radius 2 is 0.947 bits per heavy atom. The highest BCUT2D eigenvalue weighted by atomic mass is 15.1. The van der Waals surface area contributed by atoms with Gasteiger partial charge < -0.3 is 9.47 Å². The average Bonchev–Trinajstić information content (AvgIpc) is 3.56. The number of hydrogen-bond acceptors (Lipinski definition) is 1. The van der Waals surface area contributed by atoms with Gasteiger partial charge in [0, 0.05) is 33.5 Å². The molecule has 9 aromatic rings. The van der Waals surface area contributed by atoms with Gasteiger partial charge in [0.05, 0.1) is 11.0 Å². The maximum Gasteiger partial charge on any atom is 0.0562 e. The molecule has 0 fully saturated rings. The van der Waals surface area contributed by atoms with E-state index in [1.807, 2.05) is 0 Å². The lowest BCUT2D eigenvalue weighted by Crippen LogP contribution is -2.34. The topological polar surface area (TPSA) is 8.17 Å². The third-order valence-electron chi connectivity index (χ3n) is 12.8. The van der Waals surface area contributed by atoms with Gasteiger partial charge in [-0.3, -0.25) is 0 Å². The summed E-state index contributed by atoms with van der Waals surface area (Å²) in [6, 6.07) is 65.0. The lowest BCUT2D eigenvalue weighted by molar-refractivity contribution is 0.331. The van der Waals surface area contributed by atoms with Gasteiger partial charge in [-0.1, -0.05) is 149 Å². The second-order valence-electron chi connectivity index (χ2n) is 17.4. The standard InChI is InChI=1S/C55H48N2/c1-37-33-49-50(55(4,5)32-31-54(49,2)3)36-52(37)57-51-18-12-11-17-47(51)48-30-29-46(35-53(48)57)56(44-25-21-40(22-26-44)38-13-7-6-8-14-38)45-27-23-41(24-28-45)43-20-19-39-15-9-10-16-42(39)34-43/h6-30,33-36H,31-32H2,1-5H3. The molecule has 57 heavy (non-hydrogen) atoms. The van der Waals surface area contributed by atoms with E-state index in [0.29, 0.717) is 0 Å². The van der Waals surface area contributed by atoms with Gasteiger partial charge in [0.25, 0.3) is 0 Å². The molecule has 0 saturated carbocycles. The summed E-state index contributed by atoms with van der Waals surface area (Å²) in [4.78, 5) is 2.41. The van der Waals surface area contributed by atoms with Crippen LogP contribution in [0.5, 0.6) is 0 Å². The van der Waals surface area contributed by atoms with Crippen molar-refractivity contribution in [3.63, 3.8) is 0 Å². The highest BCUT2D eigenvalue weighted by Crippen LogP contribution is 2.48. The van der Waals surface area contributed by atoms with Gasteiger partial charge >= 0.3 is 0 Å². The predicted octanol–water partition coefficient (Wildman–Crippen LogP) is 15.4. The van der Waals surface area contributed by atoms with Crippen LogP contribution in [0, 0.1) is 6.92 Å². The zero-order valence-corrected chi connectivity index (χ0v) is 33.6. The van der Waals surface area contributed by atoms with Crippen molar-refractivity contribution in [1.29, 1.82) is 0 Å². The monoisotopic (exact) mass is 736 g/mol. The van der Waals surface area contributed by atoms with Crippen molar-refractivity contribution < 1.29 is 0 Å². The number of fused-ring (bicyclic) bond motifs is 5. The van der Waals surface area contributed by atoms with Gasteiger partial charge in [-0.05, 0) is 135 Å². The Balaban J connectivity index is 1.15. The fraction of sp³-hybridized carbons (Fsp3) is 0.164. The van der Waals surface area contributed by atoms with Gasteiger partial charge in [-0.15, -0.1) is 0 Å². The predicted molar refractivity (Wildman–Crippen MR) is 244 cm³/mol. The lowest BCUT2D eigenvalue weighted by Gasteiger charge is -2.42. The Labute approximate surface area is 336 Å². The summed E-state index contributed by atoms with van der Waals surface area (Å²) in [6.07, 6.45) is 2.39. The van der Waals surface area contributed by atoms with Gasteiger partial charge in [-0.25, -0.2) is 0 Å². The maximum atomic E-state index is 2.53. The van der Waals surface area contributed by atoms with Crippen LogP contribution in [-0.4, -0.2) is 4.57 Å². The molecule has 0 aliphatic heterocycles. The number of benzene rings is 8. The summed E-state index contributed by atoms with van der Waals surface area (Å²) in [5, 5.41) is 5.05. The number of aryl methyl sites for hydroxylation is 1. The van der Waals surface area contributed by atoms with Crippen LogP contribution in [0.25, 0.3) is 60.5 Å². The Kier molecular flexibility index (Phi) is 8.23. The van der Waals surface area contributed by atoms with Gasteiger partial charge in [0.15, 0.2) is 0 Å². The number of hydrogen-bond donors (Lipinski definition) is 0. The van der Waals surface area contributed by atoms with Crippen molar-refractivity contribution in [2.45, 2.75) is 58.3 Å². The largest absolute Gasteiger partial charge is 0.310 e. The average molecular weight is 737 g/mol. The van der Waals surface area contributed by atoms with E-state index in [1.54, 1.807) is 0 Å². The molecule has 10 rings (SSSR count).